The molecular formula is C15H16F2N4OS. The number of likely N-dealkylation sites (tertiary alicyclic amines) is 1. The van der Waals surface area contributed by atoms with Gasteiger partial charge in [0.05, 0.1) is 11.6 Å². The molecule has 5 nitrogen and oxygen atoms in total. The van der Waals surface area contributed by atoms with Crippen molar-refractivity contribution in [1.29, 1.82) is 0 Å². The van der Waals surface area contributed by atoms with Crippen LogP contribution in [0.4, 0.5) is 8.78 Å². The number of carbonyl (C=O) groups is 1. The van der Waals surface area contributed by atoms with Crippen molar-refractivity contribution in [3.63, 3.8) is 0 Å². The van der Waals surface area contributed by atoms with Crippen LogP contribution in [0.2, 0.25) is 0 Å². The fourth-order valence-corrected chi connectivity index (χ4v) is 3.33. The van der Waals surface area contributed by atoms with Crippen molar-refractivity contribution >= 4 is 17.7 Å². The van der Waals surface area contributed by atoms with E-state index in [1.807, 2.05) is 16.9 Å². The Hall–Kier alpha value is -1.96. The van der Waals surface area contributed by atoms with Crippen LogP contribution in [0.15, 0.2) is 41.8 Å². The Balaban J connectivity index is 1.77. The molecule has 0 radical (unpaired) electrons. The number of carbonyl (C=O) groups excluding carboxylic acids is 1. The maximum atomic E-state index is 12.7. The van der Waals surface area contributed by atoms with Gasteiger partial charge in [0.1, 0.15) is 5.03 Å². The smallest absolute Gasteiger partial charge is 0.290 e. The fraction of sp³-hybridized carbons (Fsp3) is 0.400. The zero-order chi connectivity index (χ0) is 16.2. The number of hydrogen-bond donors (Lipinski definition) is 0. The normalized spacial score (nSPS) is 18.4. The minimum Gasteiger partial charge on any atom is -0.336 e. The first-order valence-electron chi connectivity index (χ1n) is 7.33. The second-order valence-electron chi connectivity index (χ2n) is 5.27. The van der Waals surface area contributed by atoms with Crippen LogP contribution in [0.5, 0.6) is 0 Å². The highest BCUT2D eigenvalue weighted by molar-refractivity contribution is 7.99. The molecule has 0 aromatic carbocycles. The Bertz CT molecular complexity index is 665. The van der Waals surface area contributed by atoms with Gasteiger partial charge in [0.2, 0.25) is 0 Å². The highest BCUT2D eigenvalue weighted by Crippen LogP contribution is 2.29. The summed E-state index contributed by atoms with van der Waals surface area (Å²) in [7, 11) is 0. The monoisotopic (exact) mass is 338 g/mol. The summed E-state index contributed by atoms with van der Waals surface area (Å²) in [6, 6.07) is 5.11. The van der Waals surface area contributed by atoms with E-state index in [1.165, 1.54) is 6.20 Å². The number of alkyl halides is 2. The summed E-state index contributed by atoms with van der Waals surface area (Å²) in [4.78, 5) is 18.3. The molecule has 2 aromatic rings. The summed E-state index contributed by atoms with van der Waals surface area (Å²) in [5.74, 6) is -2.85. The van der Waals surface area contributed by atoms with Crippen LogP contribution in [0.25, 0.3) is 0 Å². The van der Waals surface area contributed by atoms with Gasteiger partial charge >= 0.3 is 0 Å². The lowest BCUT2D eigenvalue weighted by atomic mass is 10.0. The number of amides is 1. The average Bonchev–Trinajstić information content (AvgIpc) is 3.09. The molecule has 23 heavy (non-hydrogen) atoms. The van der Waals surface area contributed by atoms with Crippen molar-refractivity contribution in [3.05, 3.63) is 42.4 Å². The third kappa shape index (κ3) is 3.69. The topological polar surface area (TPSA) is 51.0 Å². The van der Waals surface area contributed by atoms with Gasteiger partial charge in [-0.25, -0.2) is 4.98 Å². The Morgan fingerprint density at radius 2 is 2.22 bits per heavy atom. The molecule has 0 aliphatic carbocycles. The minimum absolute atomic E-state index is 0.0775. The number of aromatic nitrogens is 3. The predicted molar refractivity (Wildman–Crippen MR) is 82.5 cm³/mol. The molecule has 122 valence electrons. The number of pyridine rings is 1. The Labute approximate surface area is 136 Å². The van der Waals surface area contributed by atoms with Crippen molar-refractivity contribution in [2.45, 2.75) is 29.7 Å². The van der Waals surface area contributed by atoms with Crippen molar-refractivity contribution in [2.24, 2.45) is 0 Å². The van der Waals surface area contributed by atoms with Gasteiger partial charge in [-0.3, -0.25) is 9.48 Å². The maximum absolute atomic E-state index is 12.7. The van der Waals surface area contributed by atoms with E-state index in [1.54, 1.807) is 23.2 Å². The summed E-state index contributed by atoms with van der Waals surface area (Å²) in [6.07, 6.45) is 6.80. The second-order valence-corrected chi connectivity index (χ2v) is 6.25. The molecule has 8 heteroatoms. The molecular weight excluding hydrogens is 322 g/mol. The van der Waals surface area contributed by atoms with E-state index in [0.29, 0.717) is 24.9 Å². The van der Waals surface area contributed by atoms with Crippen LogP contribution in [-0.4, -0.2) is 44.4 Å². The summed E-state index contributed by atoms with van der Waals surface area (Å²) < 4.78 is 27.1. The molecule has 1 amide bonds. The lowest BCUT2D eigenvalue weighted by Gasteiger charge is -2.33. The molecule has 0 spiro atoms. The molecule has 0 N–H and O–H groups in total. The molecule has 1 atom stereocenters. The number of piperidine rings is 1. The Kier molecular flexibility index (Phi) is 4.90. The third-order valence-corrected chi connectivity index (χ3v) is 4.51. The van der Waals surface area contributed by atoms with Gasteiger partial charge in [-0.2, -0.15) is 13.9 Å². The van der Waals surface area contributed by atoms with Crippen LogP contribution in [-0.2, 0) is 0 Å². The minimum atomic E-state index is -2.60. The number of nitrogens with zero attached hydrogens (tertiary/aromatic N) is 4. The van der Waals surface area contributed by atoms with E-state index in [-0.39, 0.29) is 22.5 Å². The largest absolute Gasteiger partial charge is 0.336 e. The highest BCUT2D eigenvalue weighted by Gasteiger charge is 2.27. The van der Waals surface area contributed by atoms with Crippen molar-refractivity contribution in [1.82, 2.24) is 19.7 Å². The summed E-state index contributed by atoms with van der Waals surface area (Å²) >= 11 is 0.306. The maximum Gasteiger partial charge on any atom is 0.290 e. The van der Waals surface area contributed by atoms with Crippen molar-refractivity contribution in [2.75, 3.05) is 13.1 Å². The molecule has 1 saturated heterocycles. The molecule has 0 bridgehead atoms. The molecule has 3 heterocycles. The lowest BCUT2D eigenvalue weighted by molar-refractivity contribution is 0.0668. The third-order valence-electron chi connectivity index (χ3n) is 3.78. The SMILES string of the molecule is O=C(c1cccnc1SC(F)F)N1CCC[C@H](n2cccn2)C1. The quantitative estimate of drug-likeness (QED) is 0.804. The molecule has 1 fully saturated rings. The van der Waals surface area contributed by atoms with Crippen molar-refractivity contribution < 1.29 is 13.6 Å². The molecule has 1 aliphatic rings. The average molecular weight is 338 g/mol. The Morgan fingerprint density at radius 3 is 2.96 bits per heavy atom. The van der Waals surface area contributed by atoms with Crippen LogP contribution in [0.1, 0.15) is 29.2 Å². The zero-order valence-electron chi connectivity index (χ0n) is 12.3. The van der Waals surface area contributed by atoms with Gasteiger partial charge in [-0.05, 0) is 42.8 Å². The summed E-state index contributed by atoms with van der Waals surface area (Å²) in [5, 5.41) is 4.30. The standard InChI is InChI=1S/C15H16F2N4OS/c16-15(17)23-13-12(5-1-6-18-13)14(22)20-8-2-4-11(10-20)21-9-3-7-19-21/h1,3,5-7,9,11,15H,2,4,8,10H2/t11-/m0/s1. The summed E-state index contributed by atoms with van der Waals surface area (Å²) in [5.41, 5.74) is 0.235. The number of thioether (sulfide) groups is 1. The zero-order valence-corrected chi connectivity index (χ0v) is 13.1. The number of halogens is 2. The van der Waals surface area contributed by atoms with Gasteiger partial charge in [-0.1, -0.05) is 0 Å². The van der Waals surface area contributed by atoms with Gasteiger partial charge in [0, 0.05) is 31.7 Å². The van der Waals surface area contributed by atoms with E-state index in [2.05, 4.69) is 10.1 Å². The molecule has 1 aliphatic heterocycles. The van der Waals surface area contributed by atoms with Crippen LogP contribution < -0.4 is 0 Å². The van der Waals surface area contributed by atoms with E-state index < -0.39 is 5.76 Å². The van der Waals surface area contributed by atoms with Gasteiger partial charge in [0.25, 0.3) is 11.7 Å². The van der Waals surface area contributed by atoms with E-state index in [0.717, 1.165) is 12.8 Å². The van der Waals surface area contributed by atoms with Gasteiger partial charge in [-0.15, -0.1) is 0 Å². The van der Waals surface area contributed by atoms with E-state index >= 15 is 0 Å². The summed E-state index contributed by atoms with van der Waals surface area (Å²) in [6.45, 7) is 1.14. The lowest BCUT2D eigenvalue weighted by Crippen LogP contribution is -2.41. The van der Waals surface area contributed by atoms with Crippen molar-refractivity contribution in [3.8, 4) is 0 Å². The number of rotatable bonds is 4. The highest BCUT2D eigenvalue weighted by atomic mass is 32.2. The van der Waals surface area contributed by atoms with E-state index in [4.69, 9.17) is 0 Å². The predicted octanol–water partition coefficient (Wildman–Crippen LogP) is 3.07. The fourth-order valence-electron chi connectivity index (χ4n) is 2.75. The molecule has 0 unspecified atom stereocenters. The van der Waals surface area contributed by atoms with Gasteiger partial charge in [0.15, 0.2) is 0 Å². The van der Waals surface area contributed by atoms with E-state index in [9.17, 15) is 13.6 Å². The molecule has 2 aromatic heterocycles. The Morgan fingerprint density at radius 1 is 1.35 bits per heavy atom. The number of hydrogen-bond acceptors (Lipinski definition) is 4. The first-order chi connectivity index (χ1) is 11.1. The van der Waals surface area contributed by atoms with Crippen LogP contribution in [0.3, 0.4) is 0 Å². The first-order valence-corrected chi connectivity index (χ1v) is 8.21. The van der Waals surface area contributed by atoms with Crippen LogP contribution >= 0.6 is 11.8 Å². The van der Waals surface area contributed by atoms with Gasteiger partial charge < -0.3 is 4.90 Å². The second kappa shape index (κ2) is 7.08. The molecule has 3 rings (SSSR count). The van der Waals surface area contributed by atoms with Crippen LogP contribution in [0, 0.1) is 0 Å². The molecule has 0 saturated carbocycles. The first kappa shape index (κ1) is 15.9.